The Bertz CT molecular complexity index is 582. The molecule has 0 unspecified atom stereocenters. The molecule has 0 aliphatic carbocycles. The molecule has 0 bridgehead atoms. The van der Waals surface area contributed by atoms with Crippen LogP contribution in [-0.2, 0) is 11.3 Å². The molecule has 0 radical (unpaired) electrons. The molecule has 0 aromatic carbocycles. The Hall–Kier alpha value is -1.82. The summed E-state index contributed by atoms with van der Waals surface area (Å²) in [7, 11) is 1.58. The largest absolute Gasteiger partial charge is 0.477 e. The van der Waals surface area contributed by atoms with Crippen molar-refractivity contribution in [3.05, 3.63) is 17.4 Å². The second kappa shape index (κ2) is 5.22. The van der Waals surface area contributed by atoms with Crippen LogP contribution in [0.25, 0.3) is 10.9 Å². The van der Waals surface area contributed by atoms with E-state index in [1.165, 1.54) is 0 Å². The number of hydrogen-bond acceptors (Lipinski definition) is 4. The quantitative estimate of drug-likeness (QED) is 0.847. The van der Waals surface area contributed by atoms with Crippen LogP contribution in [0.2, 0.25) is 5.15 Å². The van der Waals surface area contributed by atoms with Crippen molar-refractivity contribution in [1.82, 2.24) is 20.1 Å². The smallest absolute Gasteiger partial charge is 0.241 e. The lowest BCUT2D eigenvalue weighted by atomic mass is 10.3. The molecule has 96 valence electrons. The molecule has 0 aliphatic rings. The number of fused-ring (bicyclic) bond motifs is 1. The molecule has 2 aromatic heterocycles. The van der Waals surface area contributed by atoms with E-state index < -0.39 is 0 Å². The summed E-state index contributed by atoms with van der Waals surface area (Å²) in [6.07, 6.45) is 1.62. The van der Waals surface area contributed by atoms with Crippen molar-refractivity contribution >= 4 is 28.4 Å². The first-order valence-electron chi connectivity index (χ1n) is 5.51. The van der Waals surface area contributed by atoms with E-state index in [1.807, 2.05) is 6.92 Å². The topological polar surface area (TPSA) is 69.0 Å². The van der Waals surface area contributed by atoms with Gasteiger partial charge in [0.25, 0.3) is 0 Å². The fourth-order valence-electron chi connectivity index (χ4n) is 1.60. The van der Waals surface area contributed by atoms with E-state index in [0.29, 0.717) is 17.6 Å². The van der Waals surface area contributed by atoms with Crippen molar-refractivity contribution < 1.29 is 9.53 Å². The van der Waals surface area contributed by atoms with Crippen molar-refractivity contribution in [2.24, 2.45) is 0 Å². The molecule has 6 nitrogen and oxygen atoms in total. The summed E-state index contributed by atoms with van der Waals surface area (Å²) in [5.41, 5.74) is 0.724. The van der Waals surface area contributed by atoms with E-state index >= 15 is 0 Å². The normalized spacial score (nSPS) is 10.6. The fraction of sp³-hybridized carbons (Fsp3) is 0.364. The number of ether oxygens (including phenoxy) is 1. The van der Waals surface area contributed by atoms with Crippen LogP contribution in [0.3, 0.4) is 0 Å². The van der Waals surface area contributed by atoms with Crippen molar-refractivity contribution in [3.8, 4) is 5.88 Å². The Labute approximate surface area is 109 Å². The summed E-state index contributed by atoms with van der Waals surface area (Å²) in [5.74, 6) is 0.300. The van der Waals surface area contributed by atoms with E-state index in [0.717, 1.165) is 10.9 Å². The molecule has 1 N–H and O–H groups in total. The molecular formula is C11H13ClN4O2. The molecule has 7 heteroatoms. The van der Waals surface area contributed by atoms with Crippen LogP contribution in [0.15, 0.2) is 12.3 Å². The van der Waals surface area contributed by atoms with Gasteiger partial charge in [0.05, 0.1) is 23.7 Å². The summed E-state index contributed by atoms with van der Waals surface area (Å²) in [6, 6.07) is 1.66. The molecule has 0 fully saturated rings. The summed E-state index contributed by atoms with van der Waals surface area (Å²) in [4.78, 5) is 15.5. The van der Waals surface area contributed by atoms with E-state index in [1.54, 1.807) is 24.0 Å². The number of rotatable bonds is 4. The number of nitrogens with one attached hydrogen (secondary N) is 1. The number of amides is 1. The molecule has 0 spiro atoms. The second-order valence-corrected chi connectivity index (χ2v) is 3.98. The Morgan fingerprint density at radius 2 is 2.39 bits per heavy atom. The molecular weight excluding hydrogens is 256 g/mol. The summed E-state index contributed by atoms with van der Waals surface area (Å²) < 4.78 is 6.95. The maximum atomic E-state index is 11.4. The number of carbonyl (C=O) groups excluding carboxylic acids is 1. The SMILES string of the molecule is CCOc1nc(Cl)cc2c1cnn2CC(=O)NC. The highest BCUT2D eigenvalue weighted by Gasteiger charge is 2.12. The zero-order valence-electron chi connectivity index (χ0n) is 10.1. The third kappa shape index (κ3) is 2.38. The minimum atomic E-state index is -0.133. The number of nitrogens with zero attached hydrogens (tertiary/aromatic N) is 3. The van der Waals surface area contributed by atoms with Crippen molar-refractivity contribution in [2.75, 3.05) is 13.7 Å². The van der Waals surface area contributed by atoms with Gasteiger partial charge < -0.3 is 10.1 Å². The zero-order chi connectivity index (χ0) is 13.1. The maximum absolute atomic E-state index is 11.4. The average Bonchev–Trinajstić information content (AvgIpc) is 2.73. The summed E-state index contributed by atoms with van der Waals surface area (Å²) >= 11 is 5.93. The van der Waals surface area contributed by atoms with Crippen LogP contribution in [0.4, 0.5) is 0 Å². The minimum absolute atomic E-state index is 0.131. The van der Waals surface area contributed by atoms with E-state index in [-0.39, 0.29) is 12.5 Å². The number of pyridine rings is 1. The van der Waals surface area contributed by atoms with Crippen LogP contribution < -0.4 is 10.1 Å². The van der Waals surface area contributed by atoms with Crippen molar-refractivity contribution in [1.29, 1.82) is 0 Å². The van der Waals surface area contributed by atoms with Gasteiger partial charge in [0, 0.05) is 13.1 Å². The van der Waals surface area contributed by atoms with Gasteiger partial charge >= 0.3 is 0 Å². The van der Waals surface area contributed by atoms with Gasteiger partial charge in [-0.15, -0.1) is 0 Å². The first-order chi connectivity index (χ1) is 8.65. The van der Waals surface area contributed by atoms with E-state index in [2.05, 4.69) is 15.4 Å². The standard InChI is InChI=1S/C11H13ClN4O2/c1-3-18-11-7-5-14-16(6-10(17)13-2)8(7)4-9(12)15-11/h4-5H,3,6H2,1-2H3,(H,13,17). The lowest BCUT2D eigenvalue weighted by Gasteiger charge is -2.05. The Morgan fingerprint density at radius 1 is 1.61 bits per heavy atom. The maximum Gasteiger partial charge on any atom is 0.241 e. The fourth-order valence-corrected chi connectivity index (χ4v) is 1.78. The Kier molecular flexibility index (Phi) is 3.66. The number of likely N-dealkylation sites (N-methyl/N-ethyl adjacent to an activating group) is 1. The highest BCUT2D eigenvalue weighted by atomic mass is 35.5. The first kappa shape index (κ1) is 12.6. The first-order valence-corrected chi connectivity index (χ1v) is 5.89. The lowest BCUT2D eigenvalue weighted by Crippen LogP contribution is -2.23. The van der Waals surface area contributed by atoms with Gasteiger partial charge in [-0.2, -0.15) is 5.10 Å². The van der Waals surface area contributed by atoms with Crippen LogP contribution in [0, 0.1) is 0 Å². The van der Waals surface area contributed by atoms with Crippen LogP contribution >= 0.6 is 11.6 Å². The predicted molar refractivity (Wildman–Crippen MR) is 67.8 cm³/mol. The summed E-state index contributed by atoms with van der Waals surface area (Å²) in [6.45, 7) is 2.48. The monoisotopic (exact) mass is 268 g/mol. The van der Waals surface area contributed by atoms with Gasteiger partial charge in [-0.1, -0.05) is 11.6 Å². The molecule has 18 heavy (non-hydrogen) atoms. The predicted octanol–water partition coefficient (Wildman–Crippen LogP) is 1.23. The third-order valence-electron chi connectivity index (χ3n) is 2.43. The number of halogens is 1. The molecule has 1 amide bonds. The highest BCUT2D eigenvalue weighted by Crippen LogP contribution is 2.26. The van der Waals surface area contributed by atoms with Crippen molar-refractivity contribution in [3.63, 3.8) is 0 Å². The third-order valence-corrected chi connectivity index (χ3v) is 2.62. The van der Waals surface area contributed by atoms with Gasteiger partial charge in [0.2, 0.25) is 11.8 Å². The number of carbonyl (C=O) groups is 1. The molecule has 0 saturated heterocycles. The second-order valence-electron chi connectivity index (χ2n) is 3.59. The minimum Gasteiger partial charge on any atom is -0.477 e. The van der Waals surface area contributed by atoms with Gasteiger partial charge in [0.1, 0.15) is 11.7 Å². The van der Waals surface area contributed by atoms with E-state index in [9.17, 15) is 4.79 Å². The zero-order valence-corrected chi connectivity index (χ0v) is 10.9. The highest BCUT2D eigenvalue weighted by molar-refractivity contribution is 6.30. The number of aromatic nitrogens is 3. The molecule has 2 aromatic rings. The van der Waals surface area contributed by atoms with Gasteiger partial charge in [-0.25, -0.2) is 4.98 Å². The van der Waals surface area contributed by atoms with Crippen LogP contribution in [-0.4, -0.2) is 34.3 Å². The molecule has 0 atom stereocenters. The molecule has 2 rings (SSSR count). The van der Waals surface area contributed by atoms with Gasteiger partial charge in [-0.05, 0) is 6.92 Å². The molecule has 0 aliphatic heterocycles. The number of hydrogen-bond donors (Lipinski definition) is 1. The van der Waals surface area contributed by atoms with Crippen LogP contribution in [0.5, 0.6) is 5.88 Å². The summed E-state index contributed by atoms with van der Waals surface area (Å²) in [5, 5.41) is 7.74. The lowest BCUT2D eigenvalue weighted by molar-refractivity contribution is -0.121. The van der Waals surface area contributed by atoms with Crippen molar-refractivity contribution in [2.45, 2.75) is 13.5 Å². The molecule has 2 heterocycles. The van der Waals surface area contributed by atoms with Gasteiger partial charge in [0.15, 0.2) is 0 Å². The Morgan fingerprint density at radius 3 is 3.06 bits per heavy atom. The average molecular weight is 269 g/mol. The van der Waals surface area contributed by atoms with E-state index in [4.69, 9.17) is 16.3 Å². The van der Waals surface area contributed by atoms with Gasteiger partial charge in [-0.3, -0.25) is 9.48 Å². The Balaban J connectivity index is 2.48. The van der Waals surface area contributed by atoms with Crippen LogP contribution in [0.1, 0.15) is 6.92 Å². The molecule has 0 saturated carbocycles.